The Morgan fingerprint density at radius 2 is 1.76 bits per heavy atom. The second-order valence-corrected chi connectivity index (χ2v) is 12.3. The predicted octanol–water partition coefficient (Wildman–Crippen LogP) is 5.58. The van der Waals surface area contributed by atoms with Crippen molar-refractivity contribution in [1.29, 1.82) is 0 Å². The average Bonchev–Trinajstić information content (AvgIpc) is 2.38. The first kappa shape index (κ1) is 18.7. The molecular weight excluding hydrogens is 391 g/mol. The number of rotatable bonds is 6. The van der Waals surface area contributed by atoms with Crippen LogP contribution >= 0.6 is 22.6 Å². The van der Waals surface area contributed by atoms with E-state index in [1.807, 2.05) is 12.1 Å². The van der Waals surface area contributed by atoms with Crippen molar-refractivity contribution in [1.82, 2.24) is 0 Å². The molecule has 0 heterocycles. The first-order valence-electron chi connectivity index (χ1n) is 7.27. The van der Waals surface area contributed by atoms with Crippen LogP contribution < -0.4 is 4.74 Å². The van der Waals surface area contributed by atoms with Gasteiger partial charge in [0.15, 0.2) is 8.32 Å². The first-order chi connectivity index (χ1) is 9.69. The van der Waals surface area contributed by atoms with E-state index >= 15 is 0 Å². The van der Waals surface area contributed by atoms with E-state index in [1.54, 1.807) is 7.11 Å². The molecule has 0 spiro atoms. The van der Waals surface area contributed by atoms with Crippen molar-refractivity contribution in [2.24, 2.45) is 0 Å². The fraction of sp³-hybridized carbons (Fsp3) is 0.529. The Balaban J connectivity index is 2.82. The minimum atomic E-state index is -1.76. The van der Waals surface area contributed by atoms with Crippen LogP contribution in [0, 0.1) is 0 Å². The minimum Gasteiger partial charge on any atom is -0.497 e. The van der Waals surface area contributed by atoms with Crippen molar-refractivity contribution in [3.8, 4) is 5.75 Å². The van der Waals surface area contributed by atoms with Crippen LogP contribution in [0.15, 0.2) is 34.4 Å². The highest BCUT2D eigenvalue weighted by molar-refractivity contribution is 14.1. The van der Waals surface area contributed by atoms with E-state index in [9.17, 15) is 0 Å². The SMILES string of the molecule is COc1ccc(CC(/C=C/I)O[Si](C)(C)C(C)(C)C)cc1. The van der Waals surface area contributed by atoms with Crippen LogP contribution in [0.5, 0.6) is 5.75 Å². The van der Waals surface area contributed by atoms with E-state index in [0.29, 0.717) is 0 Å². The lowest BCUT2D eigenvalue weighted by atomic mass is 10.1. The summed E-state index contributed by atoms with van der Waals surface area (Å²) in [6, 6.07) is 8.24. The maximum absolute atomic E-state index is 6.52. The molecule has 0 fully saturated rings. The fourth-order valence-electron chi connectivity index (χ4n) is 1.78. The van der Waals surface area contributed by atoms with Gasteiger partial charge in [-0.25, -0.2) is 0 Å². The molecule has 0 radical (unpaired) electrons. The van der Waals surface area contributed by atoms with Gasteiger partial charge in [0, 0.05) is 6.42 Å². The summed E-state index contributed by atoms with van der Waals surface area (Å²) in [4.78, 5) is 0. The lowest BCUT2D eigenvalue weighted by Gasteiger charge is -2.38. The van der Waals surface area contributed by atoms with Gasteiger partial charge in [-0.1, -0.05) is 61.6 Å². The Hall–Kier alpha value is -0.333. The van der Waals surface area contributed by atoms with Crippen LogP contribution in [-0.4, -0.2) is 21.5 Å². The zero-order valence-electron chi connectivity index (χ0n) is 13.9. The monoisotopic (exact) mass is 418 g/mol. The van der Waals surface area contributed by atoms with Crippen molar-refractivity contribution < 1.29 is 9.16 Å². The molecule has 0 saturated carbocycles. The minimum absolute atomic E-state index is 0.135. The van der Waals surface area contributed by atoms with E-state index in [2.05, 4.69) is 78.7 Å². The molecule has 1 atom stereocenters. The van der Waals surface area contributed by atoms with Gasteiger partial charge in [0.2, 0.25) is 0 Å². The highest BCUT2D eigenvalue weighted by Crippen LogP contribution is 2.37. The molecule has 21 heavy (non-hydrogen) atoms. The number of hydrogen-bond acceptors (Lipinski definition) is 2. The van der Waals surface area contributed by atoms with Crippen LogP contribution in [0.1, 0.15) is 26.3 Å². The Morgan fingerprint density at radius 1 is 1.19 bits per heavy atom. The summed E-state index contributed by atoms with van der Waals surface area (Å²) >= 11 is 2.26. The summed E-state index contributed by atoms with van der Waals surface area (Å²) in [6.45, 7) is 11.4. The lowest BCUT2D eigenvalue weighted by molar-refractivity contribution is 0.225. The van der Waals surface area contributed by atoms with Crippen molar-refractivity contribution in [3.63, 3.8) is 0 Å². The standard InChI is InChI=1S/C17H27IO2Si/c1-17(2,3)21(5,6)20-16(11-12-18)13-14-7-9-15(19-4)10-8-14/h7-12,16H,13H2,1-6H3/b12-11+. The molecule has 1 aromatic rings. The number of methoxy groups -OCH3 is 1. The van der Waals surface area contributed by atoms with Gasteiger partial charge in [0.25, 0.3) is 0 Å². The molecule has 118 valence electrons. The summed E-state index contributed by atoms with van der Waals surface area (Å²) in [6.07, 6.45) is 3.19. The summed E-state index contributed by atoms with van der Waals surface area (Å²) in [7, 11) is -0.0645. The Labute approximate surface area is 144 Å². The van der Waals surface area contributed by atoms with Crippen LogP contribution in [0.4, 0.5) is 0 Å². The van der Waals surface area contributed by atoms with E-state index < -0.39 is 8.32 Å². The normalized spacial score (nSPS) is 14.4. The maximum Gasteiger partial charge on any atom is 0.192 e. The quantitative estimate of drug-likeness (QED) is 0.444. The fourth-order valence-corrected chi connectivity index (χ4v) is 3.51. The second-order valence-electron chi connectivity index (χ2n) is 6.79. The van der Waals surface area contributed by atoms with Gasteiger partial charge in [-0.3, -0.25) is 0 Å². The third kappa shape index (κ3) is 5.75. The van der Waals surface area contributed by atoms with E-state index in [1.165, 1.54) is 5.56 Å². The molecule has 0 bridgehead atoms. The Morgan fingerprint density at radius 3 is 2.19 bits per heavy atom. The highest BCUT2D eigenvalue weighted by Gasteiger charge is 2.38. The highest BCUT2D eigenvalue weighted by atomic mass is 127. The third-order valence-electron chi connectivity index (χ3n) is 4.14. The second kappa shape index (κ2) is 7.79. The third-order valence-corrected chi connectivity index (χ3v) is 9.06. The molecule has 1 rings (SSSR count). The topological polar surface area (TPSA) is 18.5 Å². The van der Waals surface area contributed by atoms with Crippen LogP contribution in [0.3, 0.4) is 0 Å². The smallest absolute Gasteiger partial charge is 0.192 e. The van der Waals surface area contributed by atoms with Gasteiger partial charge >= 0.3 is 0 Å². The Kier molecular flexibility index (Phi) is 6.94. The van der Waals surface area contributed by atoms with Crippen LogP contribution in [0.25, 0.3) is 0 Å². The molecule has 4 heteroatoms. The molecule has 0 aliphatic heterocycles. The molecule has 0 aliphatic rings. The molecule has 2 nitrogen and oxygen atoms in total. The molecule has 0 N–H and O–H groups in total. The first-order valence-corrected chi connectivity index (χ1v) is 11.4. The number of benzene rings is 1. The molecule has 0 amide bonds. The van der Waals surface area contributed by atoms with Crippen molar-refractivity contribution in [3.05, 3.63) is 40.0 Å². The van der Waals surface area contributed by atoms with Crippen LogP contribution in [0.2, 0.25) is 18.1 Å². The van der Waals surface area contributed by atoms with Gasteiger partial charge in [0.1, 0.15) is 5.75 Å². The zero-order chi connectivity index (χ0) is 16.1. The maximum atomic E-state index is 6.52. The molecule has 0 aliphatic carbocycles. The molecule has 1 aromatic carbocycles. The van der Waals surface area contributed by atoms with Crippen molar-refractivity contribution in [2.75, 3.05) is 7.11 Å². The molecule has 1 unspecified atom stereocenters. The summed E-state index contributed by atoms with van der Waals surface area (Å²) in [5.41, 5.74) is 1.27. The van der Waals surface area contributed by atoms with Gasteiger partial charge in [-0.05, 0) is 39.9 Å². The van der Waals surface area contributed by atoms with E-state index in [-0.39, 0.29) is 11.1 Å². The lowest BCUT2D eigenvalue weighted by Crippen LogP contribution is -2.44. The van der Waals surface area contributed by atoms with E-state index in [0.717, 1.165) is 12.2 Å². The van der Waals surface area contributed by atoms with Crippen molar-refractivity contribution >= 4 is 30.9 Å². The van der Waals surface area contributed by atoms with Gasteiger partial charge in [0.05, 0.1) is 13.2 Å². The van der Waals surface area contributed by atoms with Gasteiger partial charge in [-0.2, -0.15) is 0 Å². The summed E-state index contributed by atoms with van der Waals surface area (Å²) < 4.78 is 13.8. The van der Waals surface area contributed by atoms with E-state index in [4.69, 9.17) is 9.16 Å². The number of halogens is 1. The summed E-state index contributed by atoms with van der Waals surface area (Å²) in [5.74, 6) is 0.894. The van der Waals surface area contributed by atoms with Crippen LogP contribution in [-0.2, 0) is 10.8 Å². The number of hydrogen-bond donors (Lipinski definition) is 0. The molecular formula is C17H27IO2Si. The molecule has 0 saturated heterocycles. The average molecular weight is 418 g/mol. The van der Waals surface area contributed by atoms with Gasteiger partial charge in [-0.15, -0.1) is 0 Å². The predicted molar refractivity (Wildman–Crippen MR) is 102 cm³/mol. The molecule has 0 aromatic heterocycles. The summed E-state index contributed by atoms with van der Waals surface area (Å²) in [5, 5.41) is 0.226. The largest absolute Gasteiger partial charge is 0.497 e. The number of ether oxygens (including phenoxy) is 1. The van der Waals surface area contributed by atoms with Gasteiger partial charge < -0.3 is 9.16 Å². The van der Waals surface area contributed by atoms with Crippen molar-refractivity contribution in [2.45, 2.75) is 51.4 Å². The zero-order valence-corrected chi connectivity index (χ0v) is 17.1. The Bertz CT molecular complexity index is 461.